The first kappa shape index (κ1) is 30.1. The number of thioether (sulfide) groups is 2. The highest BCUT2D eigenvalue weighted by Crippen LogP contribution is 2.38. The summed E-state index contributed by atoms with van der Waals surface area (Å²) in [7, 11) is 0. The fraction of sp³-hybridized carbons (Fsp3) is 0.500. The number of nitrogens with zero attached hydrogens (tertiary/aromatic N) is 4. The number of thiophene rings is 2. The van der Waals surface area contributed by atoms with E-state index in [0.717, 1.165) is 62.5 Å². The number of rotatable bonds is 8. The molecule has 0 aliphatic heterocycles. The van der Waals surface area contributed by atoms with Crippen LogP contribution < -0.4 is 10.6 Å². The summed E-state index contributed by atoms with van der Waals surface area (Å²) < 4.78 is 1.29. The van der Waals surface area contributed by atoms with Gasteiger partial charge in [-0.3, -0.25) is 9.59 Å². The number of carbonyl (C=O) groups is 2. The second-order valence-electron chi connectivity index (χ2n) is 9.98. The van der Waals surface area contributed by atoms with Gasteiger partial charge in [-0.05, 0) is 62.5 Å². The number of carbonyl (C=O) groups excluding carboxylic acids is 2. The number of nitriles is 2. The highest BCUT2D eigenvalue weighted by Gasteiger charge is 2.22. The maximum Gasteiger partial charge on any atom is 0.235 e. The summed E-state index contributed by atoms with van der Waals surface area (Å²) in [5, 5.41) is 35.0. The van der Waals surface area contributed by atoms with Crippen molar-refractivity contribution in [2.75, 3.05) is 22.1 Å². The first-order valence-electron chi connectivity index (χ1n) is 13.8. The fourth-order valence-electron chi connectivity index (χ4n) is 5.15. The van der Waals surface area contributed by atoms with E-state index in [4.69, 9.17) is 0 Å². The molecular formula is C28H30N6O2S5. The van der Waals surface area contributed by atoms with E-state index in [2.05, 4.69) is 33.0 Å². The van der Waals surface area contributed by atoms with Crippen LogP contribution >= 0.6 is 57.5 Å². The van der Waals surface area contributed by atoms with Crippen molar-refractivity contribution in [1.29, 1.82) is 10.5 Å². The van der Waals surface area contributed by atoms with E-state index < -0.39 is 0 Å². The van der Waals surface area contributed by atoms with Crippen molar-refractivity contribution in [2.45, 2.75) is 85.7 Å². The molecule has 2 aliphatic carbocycles. The van der Waals surface area contributed by atoms with Crippen molar-refractivity contribution < 1.29 is 9.59 Å². The SMILES string of the molecule is N#Cc1c(NC(=O)CSc2nnc(SCC(=O)Nc3sc4c(c3C#N)CCCCCC4)s2)sc2c1CCCCCC2. The summed E-state index contributed by atoms with van der Waals surface area (Å²) in [4.78, 5) is 27.9. The molecule has 41 heavy (non-hydrogen) atoms. The van der Waals surface area contributed by atoms with E-state index in [1.165, 1.54) is 93.0 Å². The summed E-state index contributed by atoms with van der Waals surface area (Å²) in [6.07, 6.45) is 12.9. The molecule has 0 radical (unpaired) electrons. The molecular weight excluding hydrogens is 613 g/mol. The number of fused-ring (bicyclic) bond motifs is 2. The minimum atomic E-state index is -0.178. The second-order valence-corrected chi connectivity index (χ2v) is 15.6. The van der Waals surface area contributed by atoms with Gasteiger partial charge in [0, 0.05) is 9.75 Å². The summed E-state index contributed by atoms with van der Waals surface area (Å²) in [5.41, 5.74) is 3.47. The Bertz CT molecular complexity index is 1390. The van der Waals surface area contributed by atoms with Gasteiger partial charge in [-0.1, -0.05) is 60.5 Å². The van der Waals surface area contributed by atoms with Gasteiger partial charge in [0.15, 0.2) is 8.68 Å². The largest absolute Gasteiger partial charge is 0.316 e. The number of aromatic nitrogens is 2. The lowest BCUT2D eigenvalue weighted by atomic mass is 9.97. The van der Waals surface area contributed by atoms with Crippen molar-refractivity contribution in [1.82, 2.24) is 10.2 Å². The van der Waals surface area contributed by atoms with Gasteiger partial charge in [0.05, 0.1) is 22.6 Å². The van der Waals surface area contributed by atoms with Gasteiger partial charge >= 0.3 is 0 Å². The molecule has 13 heteroatoms. The zero-order valence-corrected chi connectivity index (χ0v) is 26.6. The van der Waals surface area contributed by atoms with Crippen LogP contribution in [-0.4, -0.2) is 33.5 Å². The van der Waals surface area contributed by atoms with Crippen molar-refractivity contribution in [2.24, 2.45) is 0 Å². The minimum Gasteiger partial charge on any atom is -0.316 e. The number of anilines is 2. The maximum atomic E-state index is 12.7. The standard InChI is InChI=1S/C28H30N6O2S5/c29-13-19-17-9-5-1-3-7-11-21(17)39-25(19)31-23(35)15-37-27-33-34-28(41-27)38-16-24(36)32-26-20(14-30)18-10-6-2-4-8-12-22(18)40-26/h1-12,15-16H2,(H,31,35)(H,32,36). The van der Waals surface area contributed by atoms with Crippen LogP contribution in [0.3, 0.4) is 0 Å². The number of hydrogen-bond donors (Lipinski definition) is 2. The van der Waals surface area contributed by atoms with Crippen molar-refractivity contribution in [3.8, 4) is 12.1 Å². The van der Waals surface area contributed by atoms with Gasteiger partial charge in [0.25, 0.3) is 0 Å². The molecule has 0 saturated heterocycles. The van der Waals surface area contributed by atoms with E-state index in [1.54, 1.807) is 0 Å². The van der Waals surface area contributed by atoms with Crippen LogP contribution in [0.25, 0.3) is 0 Å². The number of hydrogen-bond acceptors (Lipinski definition) is 11. The molecule has 2 N–H and O–H groups in total. The van der Waals surface area contributed by atoms with Crippen LogP contribution in [0.15, 0.2) is 8.68 Å². The summed E-state index contributed by atoms with van der Waals surface area (Å²) in [6, 6.07) is 4.63. The Morgan fingerprint density at radius 3 is 1.49 bits per heavy atom. The zero-order chi connectivity index (χ0) is 28.6. The molecule has 0 bridgehead atoms. The first-order valence-corrected chi connectivity index (χ1v) is 18.3. The Labute approximate surface area is 260 Å². The van der Waals surface area contributed by atoms with Crippen LogP contribution in [0.2, 0.25) is 0 Å². The molecule has 214 valence electrons. The monoisotopic (exact) mass is 642 g/mol. The lowest BCUT2D eigenvalue weighted by molar-refractivity contribution is -0.114. The van der Waals surface area contributed by atoms with Crippen molar-refractivity contribution in [3.63, 3.8) is 0 Å². The third kappa shape index (κ3) is 7.70. The summed E-state index contributed by atoms with van der Waals surface area (Å²) >= 11 is 7.00. The molecule has 0 saturated carbocycles. The van der Waals surface area contributed by atoms with Crippen LogP contribution in [0, 0.1) is 22.7 Å². The third-order valence-electron chi connectivity index (χ3n) is 7.11. The predicted molar refractivity (Wildman–Crippen MR) is 168 cm³/mol. The number of nitrogens with one attached hydrogen (secondary N) is 2. The highest BCUT2D eigenvalue weighted by atomic mass is 32.2. The molecule has 0 spiro atoms. The summed E-state index contributed by atoms with van der Waals surface area (Å²) in [5.74, 6) is -0.0360. The third-order valence-corrected chi connectivity index (χ3v) is 12.7. The van der Waals surface area contributed by atoms with Crippen LogP contribution in [-0.2, 0) is 35.3 Å². The number of aryl methyl sites for hydroxylation is 2. The van der Waals surface area contributed by atoms with Crippen molar-refractivity contribution in [3.05, 3.63) is 32.0 Å². The van der Waals surface area contributed by atoms with E-state index in [-0.39, 0.29) is 23.3 Å². The molecule has 3 aromatic rings. The minimum absolute atomic E-state index is 0.160. The normalized spacial score (nSPS) is 15.2. The smallest absolute Gasteiger partial charge is 0.235 e. The Morgan fingerprint density at radius 2 is 1.07 bits per heavy atom. The summed E-state index contributed by atoms with van der Waals surface area (Å²) in [6.45, 7) is 0. The van der Waals surface area contributed by atoms with E-state index in [0.29, 0.717) is 29.8 Å². The Balaban J connectivity index is 1.11. The maximum absolute atomic E-state index is 12.7. The molecule has 2 amide bonds. The van der Waals surface area contributed by atoms with E-state index >= 15 is 0 Å². The molecule has 0 fully saturated rings. The van der Waals surface area contributed by atoms with Gasteiger partial charge in [0.2, 0.25) is 11.8 Å². The molecule has 0 atom stereocenters. The van der Waals surface area contributed by atoms with Crippen molar-refractivity contribution >= 4 is 79.4 Å². The molecule has 8 nitrogen and oxygen atoms in total. The van der Waals surface area contributed by atoms with E-state index in [9.17, 15) is 20.1 Å². The Morgan fingerprint density at radius 1 is 0.659 bits per heavy atom. The van der Waals surface area contributed by atoms with Gasteiger partial charge in [-0.2, -0.15) is 10.5 Å². The zero-order valence-electron chi connectivity index (χ0n) is 22.5. The second kappa shape index (κ2) is 14.7. The molecule has 5 rings (SSSR count). The lowest BCUT2D eigenvalue weighted by Gasteiger charge is -2.08. The van der Waals surface area contributed by atoms with Gasteiger partial charge in [-0.25, -0.2) is 0 Å². The van der Waals surface area contributed by atoms with Gasteiger partial charge in [-0.15, -0.1) is 32.9 Å². The number of amides is 2. The average Bonchev–Trinajstić information content (AvgIpc) is 3.61. The van der Waals surface area contributed by atoms with Crippen LogP contribution in [0.4, 0.5) is 10.0 Å². The van der Waals surface area contributed by atoms with E-state index in [1.807, 2.05) is 0 Å². The first-order chi connectivity index (χ1) is 20.1. The topological polar surface area (TPSA) is 132 Å². The van der Waals surface area contributed by atoms with Crippen LogP contribution in [0.1, 0.15) is 83.4 Å². The predicted octanol–water partition coefficient (Wildman–Crippen LogP) is 7.18. The quantitative estimate of drug-likeness (QED) is 0.247. The molecule has 2 aliphatic rings. The Kier molecular flexibility index (Phi) is 10.7. The lowest BCUT2D eigenvalue weighted by Crippen LogP contribution is -2.14. The molecule has 3 heterocycles. The van der Waals surface area contributed by atoms with Gasteiger partial charge in [0.1, 0.15) is 22.1 Å². The molecule has 3 aromatic heterocycles. The van der Waals surface area contributed by atoms with Crippen LogP contribution in [0.5, 0.6) is 0 Å². The highest BCUT2D eigenvalue weighted by molar-refractivity contribution is 8.03. The molecule has 0 aromatic carbocycles. The Hall–Kier alpha value is -2.42. The van der Waals surface area contributed by atoms with Gasteiger partial charge < -0.3 is 10.6 Å². The molecule has 0 unspecified atom stereocenters. The average molecular weight is 643 g/mol. The fourth-order valence-corrected chi connectivity index (χ4v) is 10.3.